The van der Waals surface area contributed by atoms with Crippen LogP contribution in [0, 0.1) is 11.8 Å². The molecule has 0 spiro atoms. The highest BCUT2D eigenvalue weighted by molar-refractivity contribution is 7.78. The first-order valence-corrected chi connectivity index (χ1v) is 10.6. The number of thiocarbonyl (C=S) groups is 1. The van der Waals surface area contributed by atoms with Crippen molar-refractivity contribution in [1.29, 1.82) is 0 Å². The molecule has 0 bridgehead atoms. The van der Waals surface area contributed by atoms with E-state index in [9.17, 15) is 0 Å². The molecule has 0 aliphatic rings. The van der Waals surface area contributed by atoms with Gasteiger partial charge in [0.15, 0.2) is 0 Å². The van der Waals surface area contributed by atoms with E-state index < -0.39 is 0 Å². The van der Waals surface area contributed by atoms with Crippen LogP contribution in [0.3, 0.4) is 0 Å². The molecule has 0 radical (unpaired) electrons. The minimum Gasteiger partial charge on any atom is -0.192 e. The fourth-order valence-corrected chi connectivity index (χ4v) is 3.57. The third-order valence-corrected chi connectivity index (χ3v) is 5.18. The van der Waals surface area contributed by atoms with Crippen molar-refractivity contribution in [1.82, 2.24) is 0 Å². The van der Waals surface area contributed by atoms with Crippen LogP contribution < -0.4 is 0 Å². The normalized spacial score (nSPS) is 10.0. The standard InChI is InChI=1S/C25H19Cl2NS/c1-2-3-4-18-5-7-19(8-6-18)9-10-20-11-13-21(14-12-20)22-15-23(26)25(28-17-29)24(27)16-22/h5-8,11-16H,2-4H2,1H3. The summed E-state index contributed by atoms with van der Waals surface area (Å²) in [5.74, 6) is 6.44. The Balaban J connectivity index is 1.76. The van der Waals surface area contributed by atoms with E-state index >= 15 is 0 Å². The topological polar surface area (TPSA) is 12.4 Å². The number of hydrogen-bond acceptors (Lipinski definition) is 2. The molecule has 0 saturated carbocycles. The number of unbranched alkanes of at least 4 members (excludes halogenated alkanes) is 1. The first-order valence-electron chi connectivity index (χ1n) is 9.39. The SMILES string of the molecule is CCCCc1ccc(C#Cc2ccc(-c3cc(Cl)c(N=C=S)c(Cl)c3)cc2)cc1. The maximum absolute atomic E-state index is 6.26. The number of isothiocyanates is 1. The second kappa shape index (κ2) is 10.4. The fourth-order valence-electron chi connectivity index (χ4n) is 2.91. The summed E-state index contributed by atoms with van der Waals surface area (Å²) in [6.07, 6.45) is 3.55. The number of aryl methyl sites for hydroxylation is 1. The lowest BCUT2D eigenvalue weighted by Crippen LogP contribution is -1.85. The van der Waals surface area contributed by atoms with Gasteiger partial charge in [-0.25, -0.2) is 0 Å². The van der Waals surface area contributed by atoms with Gasteiger partial charge in [0, 0.05) is 11.1 Å². The average Bonchev–Trinajstić information content (AvgIpc) is 2.74. The van der Waals surface area contributed by atoms with Gasteiger partial charge in [0.2, 0.25) is 0 Å². The van der Waals surface area contributed by atoms with Gasteiger partial charge in [-0.15, -0.1) is 0 Å². The second-order valence-corrected chi connectivity index (χ2v) is 7.62. The Hall–Kier alpha value is -2.40. The molecule has 0 atom stereocenters. The van der Waals surface area contributed by atoms with Crippen molar-refractivity contribution in [3.05, 3.63) is 87.4 Å². The monoisotopic (exact) mass is 435 g/mol. The molecular formula is C25H19Cl2NS. The summed E-state index contributed by atoms with van der Waals surface area (Å²) in [6, 6.07) is 20.1. The summed E-state index contributed by atoms with van der Waals surface area (Å²) >= 11 is 17.2. The lowest BCUT2D eigenvalue weighted by molar-refractivity contribution is 0.795. The van der Waals surface area contributed by atoms with Crippen LogP contribution in [0.2, 0.25) is 10.0 Å². The Morgan fingerprint density at radius 1 is 0.828 bits per heavy atom. The summed E-state index contributed by atoms with van der Waals surface area (Å²) in [6.45, 7) is 2.21. The quantitative estimate of drug-likeness (QED) is 0.223. The Morgan fingerprint density at radius 2 is 1.38 bits per heavy atom. The van der Waals surface area contributed by atoms with Crippen molar-refractivity contribution >= 4 is 46.3 Å². The third kappa shape index (κ3) is 5.80. The first-order chi connectivity index (χ1) is 14.1. The molecule has 3 aromatic carbocycles. The van der Waals surface area contributed by atoms with Crippen molar-refractivity contribution in [2.45, 2.75) is 26.2 Å². The summed E-state index contributed by atoms with van der Waals surface area (Å²) < 4.78 is 0. The zero-order valence-electron chi connectivity index (χ0n) is 16.0. The van der Waals surface area contributed by atoms with Crippen molar-refractivity contribution in [2.24, 2.45) is 4.99 Å². The number of hydrogen-bond donors (Lipinski definition) is 0. The average molecular weight is 436 g/mol. The van der Waals surface area contributed by atoms with Gasteiger partial charge in [0.05, 0.1) is 15.2 Å². The van der Waals surface area contributed by atoms with Crippen LogP contribution >= 0.6 is 35.4 Å². The number of nitrogens with zero attached hydrogens (tertiary/aromatic N) is 1. The van der Waals surface area contributed by atoms with E-state index in [0.717, 1.165) is 28.7 Å². The van der Waals surface area contributed by atoms with Gasteiger partial charge in [-0.1, -0.05) is 72.7 Å². The second-order valence-electron chi connectivity index (χ2n) is 6.62. The maximum Gasteiger partial charge on any atom is 0.111 e. The van der Waals surface area contributed by atoms with Crippen molar-refractivity contribution in [3.63, 3.8) is 0 Å². The van der Waals surface area contributed by atoms with Crippen molar-refractivity contribution in [2.75, 3.05) is 0 Å². The number of halogens is 2. The Bertz CT molecular complexity index is 1080. The predicted molar refractivity (Wildman–Crippen MR) is 128 cm³/mol. The van der Waals surface area contributed by atoms with Gasteiger partial charge in [-0.2, -0.15) is 4.99 Å². The van der Waals surface area contributed by atoms with Gasteiger partial charge in [-0.05, 0) is 78.1 Å². The van der Waals surface area contributed by atoms with Gasteiger partial charge in [-0.3, -0.25) is 0 Å². The van der Waals surface area contributed by atoms with E-state index in [2.05, 4.69) is 65.4 Å². The number of rotatable bonds is 5. The summed E-state index contributed by atoms with van der Waals surface area (Å²) in [5.41, 5.74) is 5.67. The molecule has 0 N–H and O–H groups in total. The van der Waals surface area contributed by atoms with E-state index in [-0.39, 0.29) is 0 Å². The summed E-state index contributed by atoms with van der Waals surface area (Å²) in [5, 5.41) is 3.18. The van der Waals surface area contributed by atoms with Crippen LogP contribution in [-0.2, 0) is 6.42 Å². The minimum absolute atomic E-state index is 0.440. The van der Waals surface area contributed by atoms with Crippen LogP contribution in [0.1, 0.15) is 36.5 Å². The molecule has 144 valence electrons. The molecule has 1 nitrogen and oxygen atoms in total. The lowest BCUT2D eigenvalue weighted by Gasteiger charge is -2.06. The minimum atomic E-state index is 0.440. The Morgan fingerprint density at radius 3 is 1.90 bits per heavy atom. The smallest absolute Gasteiger partial charge is 0.111 e. The van der Waals surface area contributed by atoms with Crippen LogP contribution in [0.25, 0.3) is 11.1 Å². The molecule has 0 aliphatic carbocycles. The predicted octanol–water partition coefficient (Wildman–Crippen LogP) is 8.14. The molecule has 29 heavy (non-hydrogen) atoms. The summed E-state index contributed by atoms with van der Waals surface area (Å²) in [4.78, 5) is 3.91. The van der Waals surface area contributed by atoms with E-state index in [1.165, 1.54) is 18.4 Å². The van der Waals surface area contributed by atoms with Crippen molar-refractivity contribution in [3.8, 4) is 23.0 Å². The molecule has 0 aliphatic heterocycles. The van der Waals surface area contributed by atoms with Gasteiger partial charge >= 0.3 is 0 Å². The van der Waals surface area contributed by atoms with E-state index in [4.69, 9.17) is 23.2 Å². The molecular weight excluding hydrogens is 417 g/mol. The highest BCUT2D eigenvalue weighted by atomic mass is 35.5. The molecule has 0 amide bonds. The van der Waals surface area contributed by atoms with Crippen molar-refractivity contribution < 1.29 is 0 Å². The van der Waals surface area contributed by atoms with Gasteiger partial charge in [0.25, 0.3) is 0 Å². The molecule has 3 rings (SSSR count). The largest absolute Gasteiger partial charge is 0.192 e. The number of aliphatic imine (C=N–C) groups is 1. The van der Waals surface area contributed by atoms with E-state index in [1.807, 2.05) is 36.4 Å². The molecule has 0 saturated heterocycles. The van der Waals surface area contributed by atoms with Crippen LogP contribution in [-0.4, -0.2) is 5.16 Å². The Labute approximate surface area is 187 Å². The molecule has 0 aromatic heterocycles. The fraction of sp³-hybridized carbons (Fsp3) is 0.160. The highest BCUT2D eigenvalue weighted by Gasteiger charge is 2.08. The zero-order chi connectivity index (χ0) is 20.6. The Kier molecular flexibility index (Phi) is 7.64. The summed E-state index contributed by atoms with van der Waals surface area (Å²) in [7, 11) is 0. The van der Waals surface area contributed by atoms with Gasteiger partial charge in [0.1, 0.15) is 5.69 Å². The van der Waals surface area contributed by atoms with Crippen LogP contribution in [0.4, 0.5) is 5.69 Å². The first kappa shape index (κ1) is 21.3. The van der Waals surface area contributed by atoms with Crippen LogP contribution in [0.15, 0.2) is 65.7 Å². The lowest BCUT2D eigenvalue weighted by atomic mass is 10.0. The molecule has 0 fully saturated rings. The number of benzene rings is 3. The van der Waals surface area contributed by atoms with Crippen LogP contribution in [0.5, 0.6) is 0 Å². The zero-order valence-corrected chi connectivity index (χ0v) is 18.3. The molecule has 0 heterocycles. The van der Waals surface area contributed by atoms with E-state index in [1.54, 1.807) is 0 Å². The van der Waals surface area contributed by atoms with Gasteiger partial charge < -0.3 is 0 Å². The highest BCUT2D eigenvalue weighted by Crippen LogP contribution is 2.37. The molecule has 0 unspecified atom stereocenters. The maximum atomic E-state index is 6.26. The molecule has 3 aromatic rings. The third-order valence-electron chi connectivity index (χ3n) is 4.52. The molecule has 4 heteroatoms. The van der Waals surface area contributed by atoms with E-state index in [0.29, 0.717) is 15.7 Å².